The fourth-order valence-corrected chi connectivity index (χ4v) is 4.66. The standard InChI is InChI=1S/C19H19F3N2O4S/c1-28-16-6-2-13(3-7-16)14-10-11-24(12-14)29(26,27)17-8-4-15(5-9-17)23-18(25)19(20,21)22/h2-9,14H,10-12H2,1H3,(H,23,25). The summed E-state index contributed by atoms with van der Waals surface area (Å²) < 4.78 is 69.1. The molecular formula is C19H19F3N2O4S. The van der Waals surface area contributed by atoms with Crippen LogP contribution in [0.2, 0.25) is 0 Å². The predicted octanol–water partition coefficient (Wildman–Crippen LogP) is 3.37. The summed E-state index contributed by atoms with van der Waals surface area (Å²) in [6.07, 6.45) is -4.36. The number of anilines is 1. The van der Waals surface area contributed by atoms with Crippen molar-refractivity contribution >= 4 is 21.6 Å². The molecule has 6 nitrogen and oxygen atoms in total. The summed E-state index contributed by atoms with van der Waals surface area (Å²) in [7, 11) is -2.22. The molecule has 0 saturated carbocycles. The molecule has 0 aromatic heterocycles. The number of benzene rings is 2. The molecule has 1 unspecified atom stereocenters. The SMILES string of the molecule is COc1ccc(C2CCN(S(=O)(=O)c3ccc(NC(=O)C(F)(F)F)cc3)C2)cc1. The van der Waals surface area contributed by atoms with E-state index in [9.17, 15) is 26.4 Å². The first kappa shape index (κ1) is 21.1. The van der Waals surface area contributed by atoms with E-state index in [2.05, 4.69) is 0 Å². The van der Waals surface area contributed by atoms with Crippen molar-refractivity contribution in [1.29, 1.82) is 0 Å². The van der Waals surface area contributed by atoms with Crippen molar-refractivity contribution in [3.05, 3.63) is 54.1 Å². The average Bonchev–Trinajstić information content (AvgIpc) is 3.19. The first-order valence-electron chi connectivity index (χ1n) is 8.73. The minimum absolute atomic E-state index is 0.0426. The minimum atomic E-state index is -5.02. The average molecular weight is 428 g/mol. The van der Waals surface area contributed by atoms with Crippen LogP contribution in [0.3, 0.4) is 0 Å². The third-order valence-corrected chi connectivity index (χ3v) is 6.62. The molecule has 0 bridgehead atoms. The number of alkyl halides is 3. The highest BCUT2D eigenvalue weighted by molar-refractivity contribution is 7.89. The molecule has 1 fully saturated rings. The summed E-state index contributed by atoms with van der Waals surface area (Å²) in [6, 6.07) is 12.1. The molecule has 2 aromatic rings. The van der Waals surface area contributed by atoms with Gasteiger partial charge in [0.2, 0.25) is 10.0 Å². The molecule has 156 valence electrons. The summed E-state index contributed by atoms with van der Waals surface area (Å²) in [5, 5.41) is 1.69. The van der Waals surface area contributed by atoms with Gasteiger partial charge >= 0.3 is 12.1 Å². The number of halogens is 3. The van der Waals surface area contributed by atoms with E-state index in [0.717, 1.165) is 17.7 Å². The smallest absolute Gasteiger partial charge is 0.471 e. The first-order chi connectivity index (χ1) is 13.6. The van der Waals surface area contributed by atoms with Crippen LogP contribution in [0.1, 0.15) is 17.9 Å². The minimum Gasteiger partial charge on any atom is -0.497 e. The number of nitrogens with zero attached hydrogens (tertiary/aromatic N) is 1. The lowest BCUT2D eigenvalue weighted by Crippen LogP contribution is -2.30. The van der Waals surface area contributed by atoms with Gasteiger partial charge in [0.05, 0.1) is 12.0 Å². The third-order valence-electron chi connectivity index (χ3n) is 4.75. The molecule has 1 aliphatic heterocycles. The maximum Gasteiger partial charge on any atom is 0.471 e. The molecular weight excluding hydrogens is 409 g/mol. The van der Waals surface area contributed by atoms with Gasteiger partial charge in [-0.15, -0.1) is 0 Å². The largest absolute Gasteiger partial charge is 0.497 e. The molecule has 1 saturated heterocycles. The van der Waals surface area contributed by atoms with E-state index < -0.39 is 22.1 Å². The highest BCUT2D eigenvalue weighted by Gasteiger charge is 2.39. The van der Waals surface area contributed by atoms with Gasteiger partial charge < -0.3 is 10.1 Å². The number of amides is 1. The second kappa shape index (κ2) is 8.03. The lowest BCUT2D eigenvalue weighted by Gasteiger charge is -2.17. The van der Waals surface area contributed by atoms with Crippen LogP contribution in [0.5, 0.6) is 5.75 Å². The van der Waals surface area contributed by atoms with Crippen LogP contribution in [-0.4, -0.2) is 45.0 Å². The van der Waals surface area contributed by atoms with E-state index in [4.69, 9.17) is 4.74 Å². The molecule has 2 aromatic carbocycles. The van der Waals surface area contributed by atoms with Gasteiger partial charge in [0.1, 0.15) is 5.75 Å². The Morgan fingerprint density at radius 2 is 1.72 bits per heavy atom. The van der Waals surface area contributed by atoms with Gasteiger partial charge in [0.25, 0.3) is 0 Å². The van der Waals surface area contributed by atoms with Crippen molar-refractivity contribution < 1.29 is 31.1 Å². The van der Waals surface area contributed by atoms with Crippen molar-refractivity contribution in [2.45, 2.75) is 23.4 Å². The normalized spacial score (nSPS) is 17.9. The molecule has 1 atom stereocenters. The van der Waals surface area contributed by atoms with Gasteiger partial charge in [0, 0.05) is 18.8 Å². The summed E-state index contributed by atoms with van der Waals surface area (Å²) in [4.78, 5) is 10.9. The number of methoxy groups -OCH3 is 1. The molecule has 0 radical (unpaired) electrons. The van der Waals surface area contributed by atoms with Crippen LogP contribution in [0.4, 0.5) is 18.9 Å². The zero-order valence-electron chi connectivity index (χ0n) is 15.4. The van der Waals surface area contributed by atoms with Crippen molar-refractivity contribution in [3.8, 4) is 5.75 Å². The van der Waals surface area contributed by atoms with Crippen LogP contribution in [0.25, 0.3) is 0 Å². The molecule has 10 heteroatoms. The van der Waals surface area contributed by atoms with E-state index >= 15 is 0 Å². The van der Waals surface area contributed by atoms with Gasteiger partial charge in [-0.3, -0.25) is 4.79 Å². The number of hydrogen-bond acceptors (Lipinski definition) is 4. The number of nitrogens with one attached hydrogen (secondary N) is 1. The number of carbonyl (C=O) groups excluding carboxylic acids is 1. The monoisotopic (exact) mass is 428 g/mol. The molecule has 1 heterocycles. The summed E-state index contributed by atoms with van der Waals surface area (Å²) in [5.41, 5.74) is 0.873. The summed E-state index contributed by atoms with van der Waals surface area (Å²) >= 11 is 0. The summed E-state index contributed by atoms with van der Waals surface area (Å²) in [5.74, 6) is -1.36. The predicted molar refractivity (Wildman–Crippen MR) is 100 cm³/mol. The van der Waals surface area contributed by atoms with Gasteiger partial charge in [-0.1, -0.05) is 12.1 Å². The highest BCUT2D eigenvalue weighted by atomic mass is 32.2. The fourth-order valence-electron chi connectivity index (χ4n) is 3.16. The molecule has 29 heavy (non-hydrogen) atoms. The van der Waals surface area contributed by atoms with E-state index in [1.165, 1.54) is 16.4 Å². The van der Waals surface area contributed by atoms with Crippen LogP contribution >= 0.6 is 0 Å². The number of rotatable bonds is 5. The van der Waals surface area contributed by atoms with Crippen molar-refractivity contribution in [3.63, 3.8) is 0 Å². The van der Waals surface area contributed by atoms with Crippen LogP contribution < -0.4 is 10.1 Å². The maximum absolute atomic E-state index is 12.8. The van der Waals surface area contributed by atoms with Gasteiger partial charge in [-0.05, 0) is 54.3 Å². The Labute approximate surface area is 166 Å². The molecule has 1 aliphatic rings. The second-order valence-corrected chi connectivity index (χ2v) is 8.54. The van der Waals surface area contributed by atoms with E-state index in [1.807, 2.05) is 24.3 Å². The first-order valence-corrected chi connectivity index (χ1v) is 10.2. The number of carbonyl (C=O) groups is 1. The molecule has 1 amide bonds. The molecule has 0 aliphatic carbocycles. The Hall–Kier alpha value is -2.59. The quantitative estimate of drug-likeness (QED) is 0.792. The molecule has 1 N–H and O–H groups in total. The molecule has 3 rings (SSSR count). The van der Waals surface area contributed by atoms with Crippen LogP contribution in [0.15, 0.2) is 53.4 Å². The Morgan fingerprint density at radius 1 is 1.10 bits per heavy atom. The van der Waals surface area contributed by atoms with Crippen molar-refractivity contribution in [2.75, 3.05) is 25.5 Å². The van der Waals surface area contributed by atoms with E-state index in [0.29, 0.717) is 25.3 Å². The third kappa shape index (κ3) is 4.70. The van der Waals surface area contributed by atoms with Gasteiger partial charge in [-0.2, -0.15) is 17.5 Å². The van der Waals surface area contributed by atoms with Crippen LogP contribution in [0, 0.1) is 0 Å². The lowest BCUT2D eigenvalue weighted by molar-refractivity contribution is -0.167. The van der Waals surface area contributed by atoms with Gasteiger partial charge in [0.15, 0.2) is 0 Å². The number of sulfonamides is 1. The lowest BCUT2D eigenvalue weighted by atomic mass is 9.99. The topological polar surface area (TPSA) is 75.7 Å². The Morgan fingerprint density at radius 3 is 2.28 bits per heavy atom. The number of hydrogen-bond donors (Lipinski definition) is 1. The zero-order chi connectivity index (χ0) is 21.2. The Kier molecular flexibility index (Phi) is 5.85. The molecule has 0 spiro atoms. The number of ether oxygens (including phenoxy) is 1. The van der Waals surface area contributed by atoms with Crippen molar-refractivity contribution in [2.24, 2.45) is 0 Å². The Balaban J connectivity index is 1.69. The van der Waals surface area contributed by atoms with E-state index in [-0.39, 0.29) is 16.5 Å². The summed E-state index contributed by atoms with van der Waals surface area (Å²) in [6.45, 7) is 0.646. The fraction of sp³-hybridized carbons (Fsp3) is 0.316. The van der Waals surface area contributed by atoms with Crippen molar-refractivity contribution in [1.82, 2.24) is 4.31 Å². The van der Waals surface area contributed by atoms with E-state index in [1.54, 1.807) is 12.4 Å². The van der Waals surface area contributed by atoms with Gasteiger partial charge in [-0.25, -0.2) is 8.42 Å². The zero-order valence-corrected chi connectivity index (χ0v) is 16.3. The maximum atomic E-state index is 12.8. The highest BCUT2D eigenvalue weighted by Crippen LogP contribution is 2.32. The van der Waals surface area contributed by atoms with Crippen LogP contribution in [-0.2, 0) is 14.8 Å². The Bertz CT molecular complexity index is 974. The second-order valence-electron chi connectivity index (χ2n) is 6.60.